The molecule has 1 aromatic rings. The van der Waals surface area contributed by atoms with Gasteiger partial charge in [0.25, 0.3) is 0 Å². The van der Waals surface area contributed by atoms with Gasteiger partial charge in [0, 0.05) is 23.8 Å². The zero-order chi connectivity index (χ0) is 11.0. The second-order valence-corrected chi connectivity index (χ2v) is 4.72. The highest BCUT2D eigenvalue weighted by atomic mass is 79.9. The van der Waals surface area contributed by atoms with Gasteiger partial charge in [-0.3, -0.25) is 4.79 Å². The number of halogens is 2. The van der Waals surface area contributed by atoms with Crippen molar-refractivity contribution in [3.8, 4) is 0 Å². The molecule has 1 aromatic heterocycles. The summed E-state index contributed by atoms with van der Waals surface area (Å²) in [5.74, 6) is -0.414. The lowest BCUT2D eigenvalue weighted by Gasteiger charge is -2.37. The fourth-order valence-corrected chi connectivity index (χ4v) is 2.20. The van der Waals surface area contributed by atoms with Crippen LogP contribution in [0.4, 0.5) is 5.82 Å². The molecule has 0 aliphatic carbocycles. The molecule has 0 radical (unpaired) electrons. The van der Waals surface area contributed by atoms with Crippen molar-refractivity contribution in [2.45, 2.75) is 0 Å². The van der Waals surface area contributed by atoms with Gasteiger partial charge in [-0.25, -0.2) is 4.98 Å². The fraction of sp³-hybridized carbons (Fsp3) is 0.333. The highest BCUT2D eigenvalue weighted by Crippen LogP contribution is 2.30. The average molecular weight is 292 g/mol. The Morgan fingerprint density at radius 1 is 1.67 bits per heavy atom. The lowest BCUT2D eigenvalue weighted by Crippen LogP contribution is -2.50. The minimum Gasteiger partial charge on any atom is -0.481 e. The summed E-state index contributed by atoms with van der Waals surface area (Å²) in [6, 6.07) is 1.75. The molecule has 0 saturated carbocycles. The van der Waals surface area contributed by atoms with Crippen LogP contribution < -0.4 is 4.90 Å². The van der Waals surface area contributed by atoms with Gasteiger partial charge in [0.15, 0.2) is 0 Å². The smallest absolute Gasteiger partial charge is 0.310 e. The molecule has 15 heavy (non-hydrogen) atoms. The molecule has 0 spiro atoms. The first kappa shape index (κ1) is 10.7. The number of hydrogen-bond acceptors (Lipinski definition) is 3. The van der Waals surface area contributed by atoms with E-state index in [2.05, 4.69) is 20.9 Å². The van der Waals surface area contributed by atoms with Crippen LogP contribution in [-0.4, -0.2) is 29.1 Å². The predicted molar refractivity (Wildman–Crippen MR) is 60.3 cm³/mol. The number of aromatic nitrogens is 1. The van der Waals surface area contributed by atoms with Crippen molar-refractivity contribution in [3.05, 3.63) is 21.8 Å². The topological polar surface area (TPSA) is 53.4 Å². The van der Waals surface area contributed by atoms with Crippen molar-refractivity contribution in [2.75, 3.05) is 18.0 Å². The van der Waals surface area contributed by atoms with Gasteiger partial charge in [-0.05, 0) is 22.0 Å². The van der Waals surface area contributed by atoms with Crippen molar-refractivity contribution in [1.82, 2.24) is 4.98 Å². The van der Waals surface area contributed by atoms with Gasteiger partial charge in [0.2, 0.25) is 0 Å². The summed E-state index contributed by atoms with van der Waals surface area (Å²) in [5, 5.41) is 9.26. The lowest BCUT2D eigenvalue weighted by molar-refractivity contribution is -0.142. The van der Waals surface area contributed by atoms with Gasteiger partial charge in [0.1, 0.15) is 5.82 Å². The summed E-state index contributed by atoms with van der Waals surface area (Å²) >= 11 is 9.24. The van der Waals surface area contributed by atoms with E-state index in [-0.39, 0.29) is 5.92 Å². The van der Waals surface area contributed by atoms with E-state index in [0.717, 1.165) is 4.47 Å². The Labute approximate surface area is 100.0 Å². The van der Waals surface area contributed by atoms with Crippen LogP contribution in [0.3, 0.4) is 0 Å². The number of rotatable bonds is 2. The molecule has 0 unspecified atom stereocenters. The van der Waals surface area contributed by atoms with Crippen molar-refractivity contribution < 1.29 is 9.90 Å². The van der Waals surface area contributed by atoms with Crippen LogP contribution in [0, 0.1) is 5.92 Å². The Bertz CT molecular complexity index is 407. The highest BCUT2D eigenvalue weighted by molar-refractivity contribution is 9.10. The van der Waals surface area contributed by atoms with Crippen LogP contribution in [0.5, 0.6) is 0 Å². The molecule has 2 heterocycles. The Balaban J connectivity index is 2.10. The van der Waals surface area contributed by atoms with Crippen LogP contribution in [0.1, 0.15) is 0 Å². The molecule has 4 nitrogen and oxygen atoms in total. The third-order valence-corrected chi connectivity index (χ3v) is 3.03. The summed E-state index contributed by atoms with van der Waals surface area (Å²) in [7, 11) is 0. The van der Waals surface area contributed by atoms with Crippen LogP contribution in [0.15, 0.2) is 16.7 Å². The number of nitrogens with zero attached hydrogens (tertiary/aromatic N) is 2. The van der Waals surface area contributed by atoms with E-state index in [1.165, 1.54) is 0 Å². The molecule has 0 bridgehead atoms. The Morgan fingerprint density at radius 3 is 2.87 bits per heavy atom. The number of aliphatic carboxylic acids is 1. The molecule has 2 rings (SSSR count). The van der Waals surface area contributed by atoms with Crippen LogP contribution >= 0.6 is 27.5 Å². The molecule has 1 N–H and O–H groups in total. The summed E-state index contributed by atoms with van der Waals surface area (Å²) in [5.41, 5.74) is 0. The minimum absolute atomic E-state index is 0.300. The number of carbonyl (C=O) groups is 1. The van der Waals surface area contributed by atoms with Gasteiger partial charge in [0.05, 0.1) is 10.9 Å². The SMILES string of the molecule is O=C(O)C1CN(c2ncc(Br)cc2Cl)C1. The van der Waals surface area contributed by atoms with Gasteiger partial charge >= 0.3 is 5.97 Å². The maximum absolute atomic E-state index is 10.6. The van der Waals surface area contributed by atoms with Gasteiger partial charge < -0.3 is 10.0 Å². The molecule has 0 amide bonds. The number of pyridine rings is 1. The number of hydrogen-bond donors (Lipinski definition) is 1. The van der Waals surface area contributed by atoms with Crippen molar-refractivity contribution >= 4 is 39.3 Å². The van der Waals surface area contributed by atoms with Crippen LogP contribution in [-0.2, 0) is 4.79 Å². The fourth-order valence-electron chi connectivity index (χ4n) is 1.45. The van der Waals surface area contributed by atoms with E-state index in [4.69, 9.17) is 16.7 Å². The maximum atomic E-state index is 10.6. The standard InChI is InChI=1S/C9H8BrClN2O2/c10-6-1-7(11)8(12-2-6)13-3-5(4-13)9(14)15/h1-2,5H,3-4H2,(H,14,15). The molecular weight excluding hydrogens is 283 g/mol. The normalized spacial score (nSPS) is 16.3. The first-order chi connectivity index (χ1) is 7.08. The maximum Gasteiger partial charge on any atom is 0.310 e. The Kier molecular flexibility index (Phi) is 2.84. The van der Waals surface area contributed by atoms with Crippen molar-refractivity contribution in [2.24, 2.45) is 5.92 Å². The first-order valence-corrected chi connectivity index (χ1v) is 5.54. The minimum atomic E-state index is -0.764. The van der Waals surface area contributed by atoms with Crippen LogP contribution in [0.25, 0.3) is 0 Å². The zero-order valence-corrected chi connectivity index (χ0v) is 9.99. The lowest BCUT2D eigenvalue weighted by atomic mass is 10.0. The van der Waals surface area contributed by atoms with E-state index >= 15 is 0 Å². The molecule has 1 saturated heterocycles. The van der Waals surface area contributed by atoms with E-state index in [9.17, 15) is 4.79 Å². The largest absolute Gasteiger partial charge is 0.481 e. The zero-order valence-electron chi connectivity index (χ0n) is 7.65. The number of carboxylic acids is 1. The van der Waals surface area contributed by atoms with Gasteiger partial charge in [-0.15, -0.1) is 0 Å². The molecule has 1 fully saturated rings. The number of carboxylic acid groups (broad SMARTS) is 1. The molecule has 1 aliphatic rings. The van der Waals surface area contributed by atoms with Gasteiger partial charge in [-0.2, -0.15) is 0 Å². The number of anilines is 1. The summed E-state index contributed by atoms with van der Waals surface area (Å²) in [6.07, 6.45) is 1.65. The van der Waals surface area contributed by atoms with E-state index in [1.54, 1.807) is 12.3 Å². The molecular formula is C9H8BrClN2O2. The van der Waals surface area contributed by atoms with E-state index in [0.29, 0.717) is 23.9 Å². The van der Waals surface area contributed by atoms with E-state index < -0.39 is 5.97 Å². The second kappa shape index (κ2) is 3.98. The first-order valence-electron chi connectivity index (χ1n) is 4.36. The van der Waals surface area contributed by atoms with Crippen LogP contribution in [0.2, 0.25) is 5.02 Å². The Hall–Kier alpha value is -0.810. The molecule has 80 valence electrons. The third-order valence-electron chi connectivity index (χ3n) is 2.32. The Morgan fingerprint density at radius 2 is 2.33 bits per heavy atom. The highest BCUT2D eigenvalue weighted by Gasteiger charge is 2.34. The summed E-state index contributed by atoms with van der Waals surface area (Å²) in [4.78, 5) is 16.6. The molecule has 0 aromatic carbocycles. The predicted octanol–water partition coefficient (Wildman–Crippen LogP) is 2.02. The monoisotopic (exact) mass is 290 g/mol. The van der Waals surface area contributed by atoms with Gasteiger partial charge in [-0.1, -0.05) is 11.6 Å². The molecule has 1 aliphatic heterocycles. The van der Waals surface area contributed by atoms with Crippen molar-refractivity contribution in [3.63, 3.8) is 0 Å². The molecule has 0 atom stereocenters. The quantitative estimate of drug-likeness (QED) is 0.906. The molecule has 6 heteroatoms. The van der Waals surface area contributed by atoms with Crippen molar-refractivity contribution in [1.29, 1.82) is 0 Å². The average Bonchev–Trinajstić information content (AvgIpc) is 2.05. The summed E-state index contributed by atoms with van der Waals surface area (Å²) < 4.78 is 0.812. The van der Waals surface area contributed by atoms with E-state index in [1.807, 2.05) is 4.90 Å². The second-order valence-electron chi connectivity index (χ2n) is 3.40. The third kappa shape index (κ3) is 2.08. The summed E-state index contributed by atoms with van der Waals surface area (Å²) in [6.45, 7) is 0.952.